The molecule has 4 heteroatoms. The maximum Gasteiger partial charge on any atom is 0.325 e. The van der Waals surface area contributed by atoms with Gasteiger partial charge in [-0.3, -0.25) is 9.69 Å². The Hall–Kier alpha value is -0.610. The number of esters is 1. The Balaban J connectivity index is 2.10. The molecule has 2 N–H and O–H groups in total. The SMILES string of the molecule is COC(=O)C1(N)CCCC(N2CC(C)CC(C)C2C)C1. The second-order valence-corrected chi connectivity index (χ2v) is 7.15. The third-order valence-corrected chi connectivity index (χ3v) is 5.46. The smallest absolute Gasteiger partial charge is 0.325 e. The average molecular weight is 282 g/mol. The minimum absolute atomic E-state index is 0.243. The molecule has 1 aliphatic heterocycles. The number of carbonyl (C=O) groups excluding carboxylic acids is 1. The summed E-state index contributed by atoms with van der Waals surface area (Å²) in [5, 5.41) is 0. The molecule has 0 spiro atoms. The molecular formula is C16H30N2O2. The lowest BCUT2D eigenvalue weighted by atomic mass is 9.76. The first-order valence-corrected chi connectivity index (χ1v) is 8.00. The van der Waals surface area contributed by atoms with E-state index in [1.54, 1.807) is 0 Å². The number of likely N-dealkylation sites (tertiary alicyclic amines) is 1. The normalized spacial score (nSPS) is 43.2. The fraction of sp³-hybridized carbons (Fsp3) is 0.938. The predicted octanol–water partition coefficient (Wildman–Crippen LogP) is 2.17. The van der Waals surface area contributed by atoms with Gasteiger partial charge in [-0.25, -0.2) is 0 Å². The number of hydrogen-bond acceptors (Lipinski definition) is 4. The number of nitrogens with zero attached hydrogens (tertiary/aromatic N) is 1. The van der Waals surface area contributed by atoms with Crippen molar-refractivity contribution >= 4 is 5.97 Å². The molecule has 2 fully saturated rings. The summed E-state index contributed by atoms with van der Waals surface area (Å²) in [6, 6.07) is 1.00. The molecule has 0 aromatic carbocycles. The van der Waals surface area contributed by atoms with Crippen molar-refractivity contribution in [2.75, 3.05) is 13.7 Å². The summed E-state index contributed by atoms with van der Waals surface area (Å²) in [6.45, 7) is 8.12. The molecule has 5 atom stereocenters. The van der Waals surface area contributed by atoms with Crippen LogP contribution in [0.25, 0.3) is 0 Å². The monoisotopic (exact) mass is 282 g/mol. The number of carbonyl (C=O) groups is 1. The van der Waals surface area contributed by atoms with Gasteiger partial charge in [0.1, 0.15) is 5.54 Å². The van der Waals surface area contributed by atoms with Crippen LogP contribution in [0.5, 0.6) is 0 Å². The molecule has 20 heavy (non-hydrogen) atoms. The van der Waals surface area contributed by atoms with Crippen LogP contribution in [0.1, 0.15) is 52.9 Å². The zero-order valence-electron chi connectivity index (χ0n) is 13.4. The number of piperidine rings is 1. The molecule has 1 saturated carbocycles. The van der Waals surface area contributed by atoms with E-state index in [1.807, 2.05) is 0 Å². The largest absolute Gasteiger partial charge is 0.468 e. The molecule has 1 aliphatic carbocycles. The van der Waals surface area contributed by atoms with Crippen LogP contribution >= 0.6 is 0 Å². The van der Waals surface area contributed by atoms with E-state index < -0.39 is 5.54 Å². The second-order valence-electron chi connectivity index (χ2n) is 7.15. The molecule has 0 bridgehead atoms. The van der Waals surface area contributed by atoms with Crippen molar-refractivity contribution in [3.05, 3.63) is 0 Å². The Morgan fingerprint density at radius 2 is 2.05 bits per heavy atom. The molecule has 2 aliphatic rings. The van der Waals surface area contributed by atoms with E-state index in [9.17, 15) is 4.79 Å². The van der Waals surface area contributed by atoms with Gasteiger partial charge in [0, 0.05) is 18.6 Å². The molecule has 5 unspecified atom stereocenters. The van der Waals surface area contributed by atoms with Crippen molar-refractivity contribution in [3.63, 3.8) is 0 Å². The fourth-order valence-electron chi connectivity index (χ4n) is 4.19. The Kier molecular flexibility index (Phi) is 4.75. The summed E-state index contributed by atoms with van der Waals surface area (Å²) < 4.78 is 4.91. The summed E-state index contributed by atoms with van der Waals surface area (Å²) in [6.07, 6.45) is 4.96. The van der Waals surface area contributed by atoms with Gasteiger partial charge in [-0.05, 0) is 50.9 Å². The molecular weight excluding hydrogens is 252 g/mol. The van der Waals surface area contributed by atoms with E-state index in [1.165, 1.54) is 13.5 Å². The Labute approximate surface area is 123 Å². The van der Waals surface area contributed by atoms with Crippen LogP contribution in [0.15, 0.2) is 0 Å². The highest BCUT2D eigenvalue weighted by Gasteiger charge is 2.44. The lowest BCUT2D eigenvalue weighted by Crippen LogP contribution is -2.59. The standard InChI is InChI=1S/C16H30N2O2/c1-11-8-12(2)13(3)18(10-11)14-6-5-7-16(17,9-14)15(19)20-4/h11-14H,5-10,17H2,1-4H3. The number of rotatable bonds is 2. The summed E-state index contributed by atoms with van der Waals surface area (Å²) in [4.78, 5) is 14.6. The van der Waals surface area contributed by atoms with Gasteiger partial charge in [-0.1, -0.05) is 13.8 Å². The third kappa shape index (κ3) is 3.01. The summed E-state index contributed by atoms with van der Waals surface area (Å²) in [7, 11) is 1.44. The highest BCUT2D eigenvalue weighted by molar-refractivity contribution is 5.80. The summed E-state index contributed by atoms with van der Waals surface area (Å²) in [5.41, 5.74) is 5.55. The lowest BCUT2D eigenvalue weighted by molar-refractivity contribution is -0.149. The zero-order chi connectivity index (χ0) is 14.9. The minimum Gasteiger partial charge on any atom is -0.468 e. The van der Waals surface area contributed by atoms with Gasteiger partial charge in [0.15, 0.2) is 0 Å². The average Bonchev–Trinajstić information content (AvgIpc) is 2.41. The number of hydrogen-bond donors (Lipinski definition) is 1. The number of ether oxygens (including phenoxy) is 1. The Morgan fingerprint density at radius 3 is 2.70 bits per heavy atom. The molecule has 0 radical (unpaired) electrons. The van der Waals surface area contributed by atoms with Crippen LogP contribution in [0.4, 0.5) is 0 Å². The van der Waals surface area contributed by atoms with Crippen molar-refractivity contribution in [2.45, 2.75) is 70.5 Å². The molecule has 1 heterocycles. The predicted molar refractivity (Wildman–Crippen MR) is 80.3 cm³/mol. The Morgan fingerprint density at radius 1 is 1.35 bits per heavy atom. The molecule has 116 valence electrons. The van der Waals surface area contributed by atoms with Crippen molar-refractivity contribution in [3.8, 4) is 0 Å². The quantitative estimate of drug-likeness (QED) is 0.789. The topological polar surface area (TPSA) is 55.6 Å². The van der Waals surface area contributed by atoms with E-state index in [-0.39, 0.29) is 5.97 Å². The molecule has 1 saturated heterocycles. The maximum atomic E-state index is 12.0. The van der Waals surface area contributed by atoms with E-state index in [0.29, 0.717) is 18.0 Å². The van der Waals surface area contributed by atoms with Gasteiger partial charge in [0.25, 0.3) is 0 Å². The van der Waals surface area contributed by atoms with Crippen molar-refractivity contribution in [2.24, 2.45) is 17.6 Å². The fourth-order valence-corrected chi connectivity index (χ4v) is 4.19. The maximum absolute atomic E-state index is 12.0. The van der Waals surface area contributed by atoms with Crippen LogP contribution in [-0.4, -0.2) is 42.1 Å². The highest BCUT2D eigenvalue weighted by Crippen LogP contribution is 2.36. The lowest BCUT2D eigenvalue weighted by Gasteiger charge is -2.49. The Bertz CT molecular complexity index is 360. The van der Waals surface area contributed by atoms with Gasteiger partial charge in [0.05, 0.1) is 7.11 Å². The van der Waals surface area contributed by atoms with E-state index in [4.69, 9.17) is 10.5 Å². The van der Waals surface area contributed by atoms with E-state index in [2.05, 4.69) is 25.7 Å². The van der Waals surface area contributed by atoms with E-state index >= 15 is 0 Å². The highest BCUT2D eigenvalue weighted by atomic mass is 16.5. The second kappa shape index (κ2) is 6.02. The van der Waals surface area contributed by atoms with Gasteiger partial charge >= 0.3 is 5.97 Å². The first-order valence-electron chi connectivity index (χ1n) is 8.00. The molecule has 4 nitrogen and oxygen atoms in total. The van der Waals surface area contributed by atoms with Crippen LogP contribution in [0.2, 0.25) is 0 Å². The van der Waals surface area contributed by atoms with Crippen LogP contribution in [-0.2, 0) is 9.53 Å². The third-order valence-electron chi connectivity index (χ3n) is 5.46. The van der Waals surface area contributed by atoms with Crippen LogP contribution < -0.4 is 5.73 Å². The summed E-state index contributed by atoms with van der Waals surface area (Å²) in [5.74, 6) is 1.20. The van der Waals surface area contributed by atoms with Crippen LogP contribution in [0, 0.1) is 11.8 Å². The number of nitrogens with two attached hydrogens (primary N) is 1. The zero-order valence-corrected chi connectivity index (χ0v) is 13.4. The van der Waals surface area contributed by atoms with E-state index in [0.717, 1.165) is 38.1 Å². The van der Waals surface area contributed by atoms with Crippen LogP contribution in [0.3, 0.4) is 0 Å². The minimum atomic E-state index is -0.776. The van der Waals surface area contributed by atoms with Gasteiger partial charge in [-0.15, -0.1) is 0 Å². The first-order chi connectivity index (χ1) is 9.37. The molecule has 0 aromatic rings. The first kappa shape index (κ1) is 15.8. The van der Waals surface area contributed by atoms with Gasteiger partial charge in [-0.2, -0.15) is 0 Å². The van der Waals surface area contributed by atoms with Crippen molar-refractivity contribution in [1.82, 2.24) is 4.90 Å². The molecule has 2 rings (SSSR count). The van der Waals surface area contributed by atoms with Gasteiger partial charge in [0.2, 0.25) is 0 Å². The molecule has 0 amide bonds. The summed E-state index contributed by atoms with van der Waals surface area (Å²) >= 11 is 0. The van der Waals surface area contributed by atoms with Gasteiger partial charge < -0.3 is 10.5 Å². The molecule has 0 aromatic heterocycles. The number of methoxy groups -OCH3 is 1. The van der Waals surface area contributed by atoms with Crippen molar-refractivity contribution < 1.29 is 9.53 Å². The van der Waals surface area contributed by atoms with Crippen molar-refractivity contribution in [1.29, 1.82) is 0 Å².